The summed E-state index contributed by atoms with van der Waals surface area (Å²) in [5.41, 5.74) is 0.307. The van der Waals surface area contributed by atoms with Crippen LogP contribution in [0.15, 0.2) is 35.2 Å². The molecule has 2 aromatic rings. The predicted molar refractivity (Wildman–Crippen MR) is 97.4 cm³/mol. The molecule has 0 radical (unpaired) electrons. The van der Waals surface area contributed by atoms with Crippen molar-refractivity contribution in [2.75, 3.05) is 25.0 Å². The SMILES string of the molecule is Cc1cc2n(n1)C1(CCN(S(=O)(=O)c3cccc(F)c3)CC1)CC(=O)N2C. The third-order valence-electron chi connectivity index (χ3n) is 5.55. The van der Waals surface area contributed by atoms with E-state index >= 15 is 0 Å². The first kappa shape index (κ1) is 18.1. The highest BCUT2D eigenvalue weighted by Gasteiger charge is 2.46. The molecule has 0 N–H and O–H groups in total. The highest BCUT2D eigenvalue weighted by molar-refractivity contribution is 7.89. The summed E-state index contributed by atoms with van der Waals surface area (Å²) in [4.78, 5) is 14.0. The molecule has 1 saturated heterocycles. The van der Waals surface area contributed by atoms with E-state index in [4.69, 9.17) is 0 Å². The largest absolute Gasteiger partial charge is 0.300 e. The van der Waals surface area contributed by atoms with Gasteiger partial charge in [0.2, 0.25) is 15.9 Å². The van der Waals surface area contributed by atoms with Gasteiger partial charge in [0.05, 0.1) is 22.5 Å². The monoisotopic (exact) mass is 392 g/mol. The van der Waals surface area contributed by atoms with Gasteiger partial charge >= 0.3 is 0 Å². The third-order valence-corrected chi connectivity index (χ3v) is 7.44. The van der Waals surface area contributed by atoms with Crippen molar-refractivity contribution in [2.24, 2.45) is 0 Å². The predicted octanol–water partition coefficient (Wildman–Crippen LogP) is 1.88. The van der Waals surface area contributed by atoms with Crippen molar-refractivity contribution in [3.8, 4) is 0 Å². The fourth-order valence-electron chi connectivity index (χ4n) is 3.98. The third kappa shape index (κ3) is 2.85. The van der Waals surface area contributed by atoms with E-state index in [1.807, 2.05) is 17.7 Å². The first-order valence-electron chi connectivity index (χ1n) is 8.82. The molecule has 1 amide bonds. The maximum atomic E-state index is 13.5. The van der Waals surface area contributed by atoms with Crippen LogP contribution in [0.4, 0.5) is 10.2 Å². The molecule has 0 bridgehead atoms. The van der Waals surface area contributed by atoms with Gasteiger partial charge < -0.3 is 4.90 Å². The lowest BCUT2D eigenvalue weighted by molar-refractivity contribution is -0.122. The van der Waals surface area contributed by atoms with Crippen molar-refractivity contribution >= 4 is 21.7 Å². The second kappa shape index (κ2) is 6.13. The summed E-state index contributed by atoms with van der Waals surface area (Å²) in [6.07, 6.45) is 1.26. The van der Waals surface area contributed by atoms with Crippen LogP contribution in [0.5, 0.6) is 0 Å². The Morgan fingerprint density at radius 1 is 1.19 bits per heavy atom. The summed E-state index contributed by atoms with van der Waals surface area (Å²) in [5.74, 6) is 0.163. The van der Waals surface area contributed by atoms with Crippen molar-refractivity contribution < 1.29 is 17.6 Å². The van der Waals surface area contributed by atoms with Gasteiger partial charge in [0.15, 0.2) is 0 Å². The number of halogens is 1. The van der Waals surface area contributed by atoms with Crippen LogP contribution in [0.1, 0.15) is 25.0 Å². The van der Waals surface area contributed by atoms with Crippen molar-refractivity contribution in [3.05, 3.63) is 41.8 Å². The number of anilines is 1. The lowest BCUT2D eigenvalue weighted by Crippen LogP contribution is -2.54. The van der Waals surface area contributed by atoms with Gasteiger partial charge in [-0.3, -0.25) is 4.79 Å². The zero-order valence-corrected chi connectivity index (χ0v) is 16.0. The molecule has 7 nitrogen and oxygen atoms in total. The summed E-state index contributed by atoms with van der Waals surface area (Å²) >= 11 is 0. The molecule has 144 valence electrons. The summed E-state index contributed by atoms with van der Waals surface area (Å²) in [5, 5.41) is 4.58. The van der Waals surface area contributed by atoms with E-state index in [1.54, 1.807) is 11.9 Å². The Bertz CT molecular complexity index is 1010. The Morgan fingerprint density at radius 2 is 1.89 bits per heavy atom. The molecule has 0 saturated carbocycles. The summed E-state index contributed by atoms with van der Waals surface area (Å²) in [7, 11) is -2.04. The zero-order chi connectivity index (χ0) is 19.4. The molecule has 0 unspecified atom stereocenters. The number of aryl methyl sites for hydroxylation is 1. The topological polar surface area (TPSA) is 75.5 Å². The minimum absolute atomic E-state index is 0.00355. The van der Waals surface area contributed by atoms with E-state index in [0.717, 1.165) is 17.6 Å². The average molecular weight is 392 g/mol. The molecule has 9 heteroatoms. The minimum atomic E-state index is -3.77. The Labute approximate surface area is 157 Å². The number of nitrogens with zero attached hydrogens (tertiary/aromatic N) is 4. The smallest absolute Gasteiger partial charge is 0.243 e. The van der Waals surface area contributed by atoms with E-state index in [0.29, 0.717) is 19.3 Å². The number of carbonyl (C=O) groups excluding carboxylic acids is 1. The summed E-state index contributed by atoms with van der Waals surface area (Å²) in [6, 6.07) is 6.91. The Hall–Kier alpha value is -2.26. The molecule has 0 aliphatic carbocycles. The number of sulfonamides is 1. The van der Waals surface area contributed by atoms with Crippen molar-refractivity contribution in [1.29, 1.82) is 0 Å². The molecule has 1 spiro atoms. The molecule has 3 heterocycles. The second-order valence-electron chi connectivity index (χ2n) is 7.27. The number of hydrogen-bond acceptors (Lipinski definition) is 4. The summed E-state index contributed by atoms with van der Waals surface area (Å²) in [6.45, 7) is 2.39. The molecule has 1 aromatic heterocycles. The number of rotatable bonds is 2. The zero-order valence-electron chi connectivity index (χ0n) is 15.2. The van der Waals surface area contributed by atoms with E-state index in [2.05, 4.69) is 5.10 Å². The van der Waals surface area contributed by atoms with E-state index in [1.165, 1.54) is 22.5 Å². The van der Waals surface area contributed by atoms with Crippen molar-refractivity contribution in [3.63, 3.8) is 0 Å². The van der Waals surface area contributed by atoms with Gasteiger partial charge in [-0.1, -0.05) is 6.07 Å². The molecule has 27 heavy (non-hydrogen) atoms. The summed E-state index contributed by atoms with van der Waals surface area (Å²) < 4.78 is 42.4. The highest BCUT2D eigenvalue weighted by Crippen LogP contribution is 2.41. The average Bonchev–Trinajstić information content (AvgIpc) is 3.03. The lowest BCUT2D eigenvalue weighted by Gasteiger charge is -2.45. The van der Waals surface area contributed by atoms with Crippen LogP contribution in [0.2, 0.25) is 0 Å². The second-order valence-corrected chi connectivity index (χ2v) is 9.21. The molecule has 0 atom stereocenters. The van der Waals surface area contributed by atoms with E-state index in [-0.39, 0.29) is 23.9 Å². The van der Waals surface area contributed by atoms with Gasteiger partial charge in [0.1, 0.15) is 11.6 Å². The van der Waals surface area contributed by atoms with Gasteiger partial charge in [0, 0.05) is 26.2 Å². The quantitative estimate of drug-likeness (QED) is 0.782. The van der Waals surface area contributed by atoms with Crippen LogP contribution in [-0.2, 0) is 20.4 Å². The van der Waals surface area contributed by atoms with Crippen LogP contribution >= 0.6 is 0 Å². The Kier molecular flexibility index (Phi) is 4.12. The van der Waals surface area contributed by atoms with Gasteiger partial charge in [0.25, 0.3) is 0 Å². The maximum Gasteiger partial charge on any atom is 0.243 e. The van der Waals surface area contributed by atoms with E-state index < -0.39 is 21.4 Å². The van der Waals surface area contributed by atoms with Crippen LogP contribution in [0, 0.1) is 12.7 Å². The Balaban J connectivity index is 1.62. The number of benzene rings is 1. The van der Waals surface area contributed by atoms with Gasteiger partial charge in [-0.05, 0) is 38.0 Å². The molecular formula is C18H21FN4O3S. The lowest BCUT2D eigenvalue weighted by atomic mass is 9.83. The van der Waals surface area contributed by atoms with Crippen molar-refractivity contribution in [1.82, 2.24) is 14.1 Å². The maximum absolute atomic E-state index is 13.5. The van der Waals surface area contributed by atoms with Gasteiger partial charge in [-0.15, -0.1) is 0 Å². The fourth-order valence-corrected chi connectivity index (χ4v) is 5.46. The standard InChI is InChI=1S/C18H21FN4O3S/c1-13-10-16-21(2)17(24)12-18(23(16)20-13)6-8-22(9-7-18)27(25,26)15-5-3-4-14(19)11-15/h3-5,10-11H,6-9,12H2,1-2H3. The van der Waals surface area contributed by atoms with Crippen LogP contribution in [0.25, 0.3) is 0 Å². The minimum Gasteiger partial charge on any atom is -0.300 e. The number of piperidine rings is 1. The van der Waals surface area contributed by atoms with Gasteiger partial charge in [-0.2, -0.15) is 9.40 Å². The number of aromatic nitrogens is 2. The normalized spacial score (nSPS) is 20.1. The molecule has 1 aromatic carbocycles. The molecule has 1 fully saturated rings. The number of carbonyl (C=O) groups is 1. The number of amides is 1. The number of fused-ring (bicyclic) bond motifs is 2. The van der Waals surface area contributed by atoms with Crippen LogP contribution in [0.3, 0.4) is 0 Å². The molecule has 2 aliphatic rings. The van der Waals surface area contributed by atoms with Gasteiger partial charge in [-0.25, -0.2) is 17.5 Å². The molecule has 2 aliphatic heterocycles. The fraction of sp³-hybridized carbons (Fsp3) is 0.444. The first-order chi connectivity index (χ1) is 12.7. The molecule has 4 rings (SSSR count). The number of hydrogen-bond donors (Lipinski definition) is 0. The highest BCUT2D eigenvalue weighted by atomic mass is 32.2. The Morgan fingerprint density at radius 3 is 2.56 bits per heavy atom. The molecular weight excluding hydrogens is 371 g/mol. The van der Waals surface area contributed by atoms with Crippen LogP contribution in [-0.4, -0.2) is 48.5 Å². The van der Waals surface area contributed by atoms with Crippen molar-refractivity contribution in [2.45, 2.75) is 36.6 Å². The van der Waals surface area contributed by atoms with Crippen LogP contribution < -0.4 is 4.90 Å². The first-order valence-corrected chi connectivity index (χ1v) is 10.3. The van der Waals surface area contributed by atoms with E-state index in [9.17, 15) is 17.6 Å².